The van der Waals surface area contributed by atoms with E-state index >= 15 is 0 Å². The van der Waals surface area contributed by atoms with Gasteiger partial charge in [0.15, 0.2) is 5.17 Å². The molecule has 18 heteroatoms. The molecular weight excluding hydrogens is 835 g/mol. The molecule has 2 aliphatic carbocycles. The topological polar surface area (TPSA) is 168 Å². The first-order chi connectivity index (χ1) is 26.9. The summed E-state index contributed by atoms with van der Waals surface area (Å²) < 4.78 is 39.7. The van der Waals surface area contributed by atoms with Crippen molar-refractivity contribution < 1.29 is 32.3 Å². The fourth-order valence-corrected chi connectivity index (χ4v) is 10.1. The molecule has 2 saturated carbocycles. The molecule has 304 valence electrons. The molecular formula is C39H43Cl3N6O7S2. The summed E-state index contributed by atoms with van der Waals surface area (Å²) in [5.74, 6) is -1.02. The smallest absolute Gasteiger partial charge is 0.259 e. The quantitative estimate of drug-likeness (QED) is 0.182. The summed E-state index contributed by atoms with van der Waals surface area (Å²) in [4.78, 5) is 53.7. The number of carbonyl (C=O) groups excluding carboxylic acids is 3. The molecule has 3 heterocycles. The van der Waals surface area contributed by atoms with Crippen LogP contribution in [0.4, 0.5) is 0 Å². The molecule has 4 aliphatic rings. The molecule has 2 aliphatic heterocycles. The second-order valence-corrected chi connectivity index (χ2v) is 20.1. The molecule has 0 bridgehead atoms. The molecule has 0 spiro atoms. The summed E-state index contributed by atoms with van der Waals surface area (Å²) in [6.07, 6.45) is 3.43. The van der Waals surface area contributed by atoms with E-state index in [9.17, 15) is 22.8 Å². The number of nitrogens with zero attached hydrogens (tertiary/aromatic N) is 3. The maximum atomic E-state index is 14.9. The van der Waals surface area contributed by atoms with Crippen molar-refractivity contribution in [3.05, 3.63) is 75.9 Å². The Morgan fingerprint density at radius 2 is 1.84 bits per heavy atom. The second-order valence-electron chi connectivity index (χ2n) is 15.9. The Morgan fingerprint density at radius 3 is 2.49 bits per heavy atom. The summed E-state index contributed by atoms with van der Waals surface area (Å²) in [6.45, 7) is 9.53. The highest BCUT2D eigenvalue weighted by Gasteiger charge is 2.62. The normalized spacial score (nSPS) is 25.0. The van der Waals surface area contributed by atoms with Gasteiger partial charge in [0.2, 0.25) is 27.7 Å². The predicted molar refractivity (Wildman–Crippen MR) is 223 cm³/mol. The van der Waals surface area contributed by atoms with Gasteiger partial charge in [-0.3, -0.25) is 24.1 Å². The van der Waals surface area contributed by atoms with Gasteiger partial charge in [-0.15, -0.1) is 6.58 Å². The van der Waals surface area contributed by atoms with Crippen LogP contribution in [-0.4, -0.2) is 89.6 Å². The number of amides is 3. The Labute approximate surface area is 350 Å². The monoisotopic (exact) mass is 876 g/mol. The number of halogens is 3. The Kier molecular flexibility index (Phi) is 11.5. The first-order valence-corrected chi connectivity index (χ1v) is 22.1. The maximum absolute atomic E-state index is 14.9. The summed E-state index contributed by atoms with van der Waals surface area (Å²) in [5, 5.41) is 8.71. The molecule has 2 aromatic carbocycles. The number of methoxy groups -OCH3 is 1. The number of sulfonamides is 1. The lowest BCUT2D eigenvalue weighted by Gasteiger charge is -2.36. The number of fused-ring (bicyclic) bond motifs is 1. The van der Waals surface area contributed by atoms with Crippen molar-refractivity contribution >= 4 is 90.2 Å². The van der Waals surface area contributed by atoms with E-state index < -0.39 is 68.1 Å². The van der Waals surface area contributed by atoms with E-state index in [1.54, 1.807) is 30.3 Å². The molecule has 0 radical (unpaired) electrons. The Morgan fingerprint density at radius 1 is 1.09 bits per heavy atom. The van der Waals surface area contributed by atoms with E-state index in [1.165, 1.54) is 36.0 Å². The zero-order valence-electron chi connectivity index (χ0n) is 31.7. The van der Waals surface area contributed by atoms with Crippen molar-refractivity contribution in [2.24, 2.45) is 16.3 Å². The minimum absolute atomic E-state index is 0.00733. The molecule has 6 atom stereocenters. The van der Waals surface area contributed by atoms with E-state index in [0.717, 1.165) is 5.56 Å². The number of carbonyl (C=O) groups is 3. The molecule has 3 amide bonds. The van der Waals surface area contributed by atoms with Gasteiger partial charge in [-0.1, -0.05) is 79.5 Å². The third-order valence-electron chi connectivity index (χ3n) is 10.7. The number of rotatable bonds is 12. The van der Waals surface area contributed by atoms with E-state index in [0.29, 0.717) is 55.4 Å². The van der Waals surface area contributed by atoms with Crippen LogP contribution in [-0.2, 0) is 24.4 Å². The van der Waals surface area contributed by atoms with Crippen LogP contribution < -0.4 is 24.8 Å². The highest BCUT2D eigenvalue weighted by Crippen LogP contribution is 2.46. The van der Waals surface area contributed by atoms with Crippen molar-refractivity contribution in [3.8, 4) is 11.6 Å². The first kappa shape index (κ1) is 41.4. The number of thioether (sulfide) groups is 1. The van der Waals surface area contributed by atoms with Crippen LogP contribution in [0.2, 0.25) is 15.1 Å². The molecule has 13 nitrogen and oxygen atoms in total. The number of hydrogen-bond donors (Lipinski definition) is 3. The van der Waals surface area contributed by atoms with Crippen LogP contribution in [0.3, 0.4) is 0 Å². The van der Waals surface area contributed by atoms with Crippen LogP contribution >= 0.6 is 46.6 Å². The van der Waals surface area contributed by atoms with Crippen molar-refractivity contribution in [3.63, 3.8) is 0 Å². The lowest BCUT2D eigenvalue weighted by molar-refractivity contribution is -0.142. The molecule has 3 aromatic rings. The maximum Gasteiger partial charge on any atom is 0.259 e. The number of amidine groups is 1. The van der Waals surface area contributed by atoms with Crippen LogP contribution in [0.1, 0.15) is 58.1 Å². The summed E-state index contributed by atoms with van der Waals surface area (Å²) in [7, 11) is -2.37. The number of likely N-dealkylation sites (tertiary alicyclic amines) is 1. The first-order valence-electron chi connectivity index (χ1n) is 18.5. The van der Waals surface area contributed by atoms with Gasteiger partial charge >= 0.3 is 0 Å². The van der Waals surface area contributed by atoms with Crippen molar-refractivity contribution in [1.82, 2.24) is 25.2 Å². The standard InChI is InChI=1S/C39H43Cl3N6O7S2/c1-6-21-16-39(21,36(51)47-57(52,53)24-9-10-24)46-33(49)30-15-23(55-34-26-14-22(40)8-11-25(26)31(54-5)17-43-34)18-48(30)35(50)32(38(2,3)4)45-37-44-29(19-56-37)20-7-12-27(41)28(42)13-20/h6-8,11-14,17,21,23-24,29-30,32H,1,9-10,15-16,18-19H2,2-5H3,(H,44,45)(H,46,49)(H,47,51)/t21-,23-,29?,30+,32-,39-/m1/s1. The van der Waals surface area contributed by atoms with Crippen LogP contribution in [0, 0.1) is 11.3 Å². The Bertz CT molecular complexity index is 2290. The van der Waals surface area contributed by atoms with Crippen molar-refractivity contribution in [2.75, 3.05) is 19.4 Å². The fourth-order valence-electron chi connectivity index (χ4n) is 7.25. The highest BCUT2D eigenvalue weighted by molar-refractivity contribution is 8.14. The molecule has 1 saturated heterocycles. The minimum atomic E-state index is -3.90. The van der Waals surface area contributed by atoms with Gasteiger partial charge in [0.1, 0.15) is 29.5 Å². The Hall–Kier alpha value is -3.76. The van der Waals surface area contributed by atoms with Crippen molar-refractivity contribution in [1.29, 1.82) is 0 Å². The van der Waals surface area contributed by atoms with E-state index in [2.05, 4.69) is 26.9 Å². The number of benzene rings is 2. The lowest BCUT2D eigenvalue weighted by Crippen LogP contribution is -2.60. The highest BCUT2D eigenvalue weighted by atomic mass is 35.5. The number of hydrogen-bond acceptors (Lipinski definition) is 11. The third-order valence-corrected chi connectivity index (χ3v) is 14.5. The molecule has 1 aromatic heterocycles. The van der Waals surface area contributed by atoms with Gasteiger partial charge in [0, 0.05) is 33.9 Å². The summed E-state index contributed by atoms with van der Waals surface area (Å²) >= 11 is 20.3. The van der Waals surface area contributed by atoms with Crippen molar-refractivity contribution in [2.45, 2.75) is 81.5 Å². The molecule has 1 unspecified atom stereocenters. The number of aliphatic imine (C=N–C) groups is 1. The minimum Gasteiger partial charge on any atom is -0.494 e. The SMILES string of the molecule is C=C[C@@H]1C[C@]1(NC(=O)[C@@H]1C[C@@H](Oc2ncc(OC)c3ccc(Cl)cc23)CN1C(=O)[C@@H](NC1=NC(c2ccc(Cl)c(Cl)c2)CS1)C(C)(C)C)C(=O)NS(=O)(=O)C1CC1. The predicted octanol–water partition coefficient (Wildman–Crippen LogP) is 6.07. The average molecular weight is 878 g/mol. The molecule has 3 N–H and O–H groups in total. The molecule has 3 fully saturated rings. The number of pyridine rings is 1. The average Bonchev–Trinajstić information content (AvgIpc) is 4.05. The second kappa shape index (κ2) is 15.8. The third kappa shape index (κ3) is 8.54. The number of ether oxygens (including phenoxy) is 2. The van der Waals surface area contributed by atoms with Gasteiger partial charge in [0.25, 0.3) is 5.91 Å². The summed E-state index contributed by atoms with van der Waals surface area (Å²) in [6, 6.07) is 8.40. The lowest BCUT2D eigenvalue weighted by atomic mass is 9.85. The van der Waals surface area contributed by atoms with Gasteiger partial charge < -0.3 is 25.0 Å². The zero-order valence-corrected chi connectivity index (χ0v) is 35.6. The number of aromatic nitrogens is 1. The van der Waals surface area contributed by atoms with E-state index in [-0.39, 0.29) is 31.3 Å². The summed E-state index contributed by atoms with van der Waals surface area (Å²) in [5.41, 5.74) is -1.34. The fraction of sp³-hybridized carbons (Fsp3) is 0.462. The zero-order chi connectivity index (χ0) is 41.0. The van der Waals surface area contributed by atoms with Crippen LogP contribution in [0.15, 0.2) is 60.2 Å². The van der Waals surface area contributed by atoms with Gasteiger partial charge in [-0.25, -0.2) is 13.4 Å². The number of nitrogens with one attached hydrogen (secondary N) is 3. The van der Waals surface area contributed by atoms with Gasteiger partial charge in [-0.05, 0) is 60.6 Å². The largest absolute Gasteiger partial charge is 0.494 e. The van der Waals surface area contributed by atoms with Crippen LogP contribution in [0.5, 0.6) is 11.6 Å². The van der Waals surface area contributed by atoms with Crippen LogP contribution in [0.25, 0.3) is 10.8 Å². The van der Waals surface area contributed by atoms with Gasteiger partial charge in [-0.2, -0.15) is 0 Å². The molecule has 57 heavy (non-hydrogen) atoms. The van der Waals surface area contributed by atoms with Gasteiger partial charge in [0.05, 0.1) is 41.2 Å². The molecule has 7 rings (SSSR count). The van der Waals surface area contributed by atoms with E-state index in [1.807, 2.05) is 26.8 Å². The Balaban J connectivity index is 1.18. The van der Waals surface area contributed by atoms with E-state index in [4.69, 9.17) is 49.3 Å².